The first-order chi connectivity index (χ1) is 10.1. The van der Waals surface area contributed by atoms with Crippen molar-refractivity contribution in [2.24, 2.45) is 0 Å². The molecule has 0 aliphatic carbocycles. The van der Waals surface area contributed by atoms with Gasteiger partial charge in [-0.05, 0) is 12.1 Å². The van der Waals surface area contributed by atoms with E-state index < -0.39 is 5.82 Å². The van der Waals surface area contributed by atoms with Crippen LogP contribution in [0.15, 0.2) is 18.2 Å². The summed E-state index contributed by atoms with van der Waals surface area (Å²) in [7, 11) is 0. The second kappa shape index (κ2) is 8.17. The molecule has 0 bridgehead atoms. The molecule has 1 heterocycles. The van der Waals surface area contributed by atoms with Crippen LogP contribution in [0.1, 0.15) is 0 Å². The van der Waals surface area contributed by atoms with E-state index in [-0.39, 0.29) is 17.5 Å². The Morgan fingerprint density at radius 3 is 2.90 bits per heavy atom. The Labute approximate surface area is 128 Å². The predicted octanol–water partition coefficient (Wildman–Crippen LogP) is 0.879. The van der Waals surface area contributed by atoms with Crippen LogP contribution in [-0.2, 0) is 4.79 Å². The third-order valence-corrected chi connectivity index (χ3v) is 3.51. The minimum absolute atomic E-state index is 0.0217. The van der Waals surface area contributed by atoms with Crippen LogP contribution in [0, 0.1) is 5.82 Å². The van der Waals surface area contributed by atoms with Crippen molar-refractivity contribution in [2.45, 2.75) is 0 Å². The second-order valence-corrected chi connectivity index (χ2v) is 5.21. The maximum atomic E-state index is 13.0. The Kier molecular flexibility index (Phi) is 6.22. The molecule has 1 saturated heterocycles. The molecule has 0 atom stereocenters. The number of piperazine rings is 1. The minimum atomic E-state index is -0.510. The van der Waals surface area contributed by atoms with Gasteiger partial charge in [-0.15, -0.1) is 0 Å². The lowest BCUT2D eigenvalue weighted by atomic mass is 10.3. The van der Waals surface area contributed by atoms with Crippen LogP contribution < -0.4 is 15.4 Å². The van der Waals surface area contributed by atoms with Crippen molar-refractivity contribution >= 4 is 17.5 Å². The van der Waals surface area contributed by atoms with Gasteiger partial charge in [-0.3, -0.25) is 9.69 Å². The number of rotatable bonds is 6. The SMILES string of the molecule is O=C(COc1ccc(F)c(Cl)c1)NCCN1CCNCC1. The molecule has 0 radical (unpaired) electrons. The van der Waals surface area contributed by atoms with E-state index in [2.05, 4.69) is 15.5 Å². The molecule has 7 heteroatoms. The molecule has 0 aromatic heterocycles. The topological polar surface area (TPSA) is 53.6 Å². The number of hydrogen-bond donors (Lipinski definition) is 2. The summed E-state index contributed by atoms with van der Waals surface area (Å²) in [4.78, 5) is 13.9. The number of carbonyl (C=O) groups is 1. The predicted molar refractivity (Wildman–Crippen MR) is 79.2 cm³/mol. The molecule has 0 saturated carbocycles. The van der Waals surface area contributed by atoms with E-state index in [1.807, 2.05) is 0 Å². The summed E-state index contributed by atoms with van der Waals surface area (Å²) in [5.74, 6) is -0.339. The van der Waals surface area contributed by atoms with E-state index in [9.17, 15) is 9.18 Å². The summed E-state index contributed by atoms with van der Waals surface area (Å²) in [6.45, 7) is 5.29. The lowest BCUT2D eigenvalue weighted by Gasteiger charge is -2.27. The Bertz CT molecular complexity index is 481. The highest BCUT2D eigenvalue weighted by atomic mass is 35.5. The van der Waals surface area contributed by atoms with Gasteiger partial charge in [0.05, 0.1) is 5.02 Å². The molecule has 1 aromatic rings. The normalized spacial score (nSPS) is 15.7. The Hall–Kier alpha value is -1.37. The molecule has 2 rings (SSSR count). The van der Waals surface area contributed by atoms with Crippen molar-refractivity contribution in [3.63, 3.8) is 0 Å². The molecule has 1 fully saturated rings. The average molecular weight is 316 g/mol. The van der Waals surface area contributed by atoms with Crippen molar-refractivity contribution in [1.29, 1.82) is 0 Å². The van der Waals surface area contributed by atoms with Crippen LogP contribution in [0.25, 0.3) is 0 Å². The van der Waals surface area contributed by atoms with Crippen molar-refractivity contribution in [2.75, 3.05) is 45.9 Å². The molecule has 21 heavy (non-hydrogen) atoms. The van der Waals surface area contributed by atoms with Crippen molar-refractivity contribution in [1.82, 2.24) is 15.5 Å². The zero-order chi connectivity index (χ0) is 15.1. The van der Waals surface area contributed by atoms with E-state index in [0.717, 1.165) is 32.7 Å². The van der Waals surface area contributed by atoms with Crippen molar-refractivity contribution < 1.29 is 13.9 Å². The summed E-state index contributed by atoms with van der Waals surface area (Å²) >= 11 is 5.63. The fraction of sp³-hybridized carbons (Fsp3) is 0.500. The van der Waals surface area contributed by atoms with Gasteiger partial charge in [0.1, 0.15) is 11.6 Å². The Morgan fingerprint density at radius 2 is 2.19 bits per heavy atom. The van der Waals surface area contributed by atoms with Crippen LogP contribution in [0.3, 0.4) is 0 Å². The first-order valence-electron chi connectivity index (χ1n) is 6.93. The molecule has 1 aromatic carbocycles. The average Bonchev–Trinajstić information content (AvgIpc) is 2.49. The summed E-state index contributed by atoms with van der Waals surface area (Å²) < 4.78 is 18.2. The quantitative estimate of drug-likeness (QED) is 0.818. The fourth-order valence-corrected chi connectivity index (χ4v) is 2.23. The molecule has 5 nitrogen and oxygen atoms in total. The number of hydrogen-bond acceptors (Lipinski definition) is 4. The summed E-state index contributed by atoms with van der Waals surface area (Å²) in [5.41, 5.74) is 0. The first-order valence-corrected chi connectivity index (χ1v) is 7.30. The highest BCUT2D eigenvalue weighted by molar-refractivity contribution is 6.30. The lowest BCUT2D eigenvalue weighted by molar-refractivity contribution is -0.123. The zero-order valence-electron chi connectivity index (χ0n) is 11.7. The van der Waals surface area contributed by atoms with Crippen molar-refractivity contribution in [3.05, 3.63) is 29.0 Å². The highest BCUT2D eigenvalue weighted by Crippen LogP contribution is 2.20. The summed E-state index contributed by atoms with van der Waals surface area (Å²) in [6, 6.07) is 4.00. The maximum absolute atomic E-state index is 13.0. The van der Waals surface area contributed by atoms with Crippen LogP contribution >= 0.6 is 11.6 Å². The van der Waals surface area contributed by atoms with Gasteiger partial charge in [0.15, 0.2) is 6.61 Å². The van der Waals surface area contributed by atoms with Gasteiger partial charge in [0.2, 0.25) is 0 Å². The van der Waals surface area contributed by atoms with E-state index >= 15 is 0 Å². The molecule has 1 aliphatic heterocycles. The van der Waals surface area contributed by atoms with Gasteiger partial charge in [0.25, 0.3) is 5.91 Å². The van der Waals surface area contributed by atoms with Crippen LogP contribution in [0.4, 0.5) is 4.39 Å². The molecular formula is C14H19ClFN3O2. The summed E-state index contributed by atoms with van der Waals surface area (Å²) in [6.07, 6.45) is 0. The van der Waals surface area contributed by atoms with Gasteiger partial charge in [-0.25, -0.2) is 4.39 Å². The van der Waals surface area contributed by atoms with Gasteiger partial charge in [0, 0.05) is 45.3 Å². The largest absolute Gasteiger partial charge is 0.484 e. The van der Waals surface area contributed by atoms with Gasteiger partial charge in [-0.2, -0.15) is 0 Å². The van der Waals surface area contributed by atoms with Crippen LogP contribution in [-0.4, -0.2) is 56.7 Å². The smallest absolute Gasteiger partial charge is 0.257 e. The third-order valence-electron chi connectivity index (χ3n) is 3.22. The zero-order valence-corrected chi connectivity index (χ0v) is 12.5. The fourth-order valence-electron chi connectivity index (χ4n) is 2.05. The number of ether oxygens (including phenoxy) is 1. The Balaban J connectivity index is 1.63. The van der Waals surface area contributed by atoms with Crippen molar-refractivity contribution in [3.8, 4) is 5.75 Å². The van der Waals surface area contributed by atoms with Gasteiger partial charge < -0.3 is 15.4 Å². The number of halogens is 2. The van der Waals surface area contributed by atoms with Crippen LogP contribution in [0.2, 0.25) is 5.02 Å². The highest BCUT2D eigenvalue weighted by Gasteiger charge is 2.10. The van der Waals surface area contributed by atoms with Gasteiger partial charge in [-0.1, -0.05) is 11.6 Å². The monoisotopic (exact) mass is 315 g/mol. The Morgan fingerprint density at radius 1 is 1.43 bits per heavy atom. The molecule has 0 spiro atoms. The van der Waals surface area contributed by atoms with Gasteiger partial charge >= 0.3 is 0 Å². The third kappa shape index (κ3) is 5.49. The molecule has 0 unspecified atom stereocenters. The maximum Gasteiger partial charge on any atom is 0.257 e. The number of benzene rings is 1. The molecule has 116 valence electrons. The number of nitrogens with one attached hydrogen (secondary N) is 2. The first kappa shape index (κ1) is 16.0. The van der Waals surface area contributed by atoms with E-state index in [4.69, 9.17) is 16.3 Å². The molecule has 1 amide bonds. The number of nitrogens with zero attached hydrogens (tertiary/aromatic N) is 1. The van der Waals surface area contributed by atoms with E-state index in [1.165, 1.54) is 18.2 Å². The molecular weight excluding hydrogens is 297 g/mol. The van der Waals surface area contributed by atoms with E-state index in [1.54, 1.807) is 0 Å². The number of carbonyl (C=O) groups excluding carboxylic acids is 1. The standard InChI is InChI=1S/C14H19ClFN3O2/c15-12-9-11(1-2-13(12)16)21-10-14(20)18-5-8-19-6-3-17-4-7-19/h1-2,9,17H,3-8,10H2,(H,18,20). The van der Waals surface area contributed by atoms with Crippen LogP contribution in [0.5, 0.6) is 5.75 Å². The second-order valence-electron chi connectivity index (χ2n) is 4.81. The number of amides is 1. The lowest BCUT2D eigenvalue weighted by Crippen LogP contribution is -2.46. The minimum Gasteiger partial charge on any atom is -0.484 e. The molecule has 2 N–H and O–H groups in total. The van der Waals surface area contributed by atoms with E-state index in [0.29, 0.717) is 12.3 Å². The summed E-state index contributed by atoms with van der Waals surface area (Å²) in [5, 5.41) is 6.05. The molecule has 1 aliphatic rings.